The van der Waals surface area contributed by atoms with E-state index < -0.39 is 0 Å². The van der Waals surface area contributed by atoms with E-state index in [0.717, 1.165) is 42.8 Å². The van der Waals surface area contributed by atoms with Gasteiger partial charge in [0.2, 0.25) is 0 Å². The lowest BCUT2D eigenvalue weighted by Crippen LogP contribution is -2.39. The van der Waals surface area contributed by atoms with E-state index in [-0.39, 0.29) is 5.91 Å². The van der Waals surface area contributed by atoms with Crippen LogP contribution in [0, 0.1) is 5.92 Å². The second-order valence-electron chi connectivity index (χ2n) is 6.38. The number of amides is 1. The van der Waals surface area contributed by atoms with E-state index in [4.69, 9.17) is 0 Å². The van der Waals surface area contributed by atoms with Gasteiger partial charge in [-0.3, -0.25) is 4.79 Å². The van der Waals surface area contributed by atoms with Gasteiger partial charge in [-0.15, -0.1) is 0 Å². The maximum Gasteiger partial charge on any atom is 0.273 e. The van der Waals surface area contributed by atoms with E-state index in [2.05, 4.69) is 30.8 Å². The number of nitrogens with zero attached hydrogens (tertiary/aromatic N) is 5. The highest BCUT2D eigenvalue weighted by molar-refractivity contribution is 9.10. The topological polar surface area (TPSA) is 54.3 Å². The van der Waals surface area contributed by atoms with Crippen LogP contribution in [0.2, 0.25) is 0 Å². The molecule has 0 bridgehead atoms. The highest BCUT2D eigenvalue weighted by Gasteiger charge is 2.23. The molecule has 0 unspecified atom stereocenters. The zero-order chi connectivity index (χ0) is 17.1. The van der Waals surface area contributed by atoms with Crippen LogP contribution in [0.3, 0.4) is 0 Å². The van der Waals surface area contributed by atoms with Gasteiger partial charge in [0, 0.05) is 50.6 Å². The Kier molecular flexibility index (Phi) is 5.18. The molecule has 7 heteroatoms. The molecule has 0 N–H and O–H groups in total. The normalized spacial score (nSPS) is 15.5. The number of aromatic nitrogens is 3. The Morgan fingerprint density at radius 2 is 2.08 bits per heavy atom. The molecule has 3 heterocycles. The molecule has 24 heavy (non-hydrogen) atoms. The van der Waals surface area contributed by atoms with Gasteiger partial charge in [-0.05, 0) is 46.8 Å². The van der Waals surface area contributed by atoms with E-state index in [1.165, 1.54) is 0 Å². The zero-order valence-electron chi connectivity index (χ0n) is 14.0. The first-order valence-electron chi connectivity index (χ1n) is 8.13. The molecule has 1 amide bonds. The average Bonchev–Trinajstić information content (AvgIpc) is 3.02. The molecule has 0 aromatic carbocycles. The number of halogens is 1. The van der Waals surface area contributed by atoms with E-state index in [0.29, 0.717) is 11.6 Å². The minimum absolute atomic E-state index is 0.00685. The summed E-state index contributed by atoms with van der Waals surface area (Å²) in [6.07, 6.45) is 7.39. The molecule has 0 spiro atoms. The summed E-state index contributed by atoms with van der Waals surface area (Å²) >= 11 is 3.42. The number of aryl methyl sites for hydroxylation is 1. The van der Waals surface area contributed by atoms with Crippen LogP contribution in [0.15, 0.2) is 35.3 Å². The molecule has 6 nitrogen and oxygen atoms in total. The lowest BCUT2D eigenvalue weighted by Gasteiger charge is -2.34. The summed E-state index contributed by atoms with van der Waals surface area (Å²) in [4.78, 5) is 25.1. The van der Waals surface area contributed by atoms with Crippen molar-refractivity contribution in [2.24, 2.45) is 13.0 Å². The van der Waals surface area contributed by atoms with Crippen LogP contribution in [-0.2, 0) is 7.05 Å². The van der Waals surface area contributed by atoms with E-state index in [9.17, 15) is 4.79 Å². The maximum atomic E-state index is 12.4. The number of pyridine rings is 1. The lowest BCUT2D eigenvalue weighted by molar-refractivity contribution is 0.0759. The standard InChI is InChI=1S/C17H22BrN5O/c1-21-11-15(20-12-21)17(24)22(2)10-13-5-7-23(8-6-13)16-4-3-14(18)9-19-16/h3-4,9,11-13H,5-8,10H2,1-2H3. The second kappa shape index (κ2) is 7.34. The van der Waals surface area contributed by atoms with Crippen LogP contribution in [0.4, 0.5) is 5.82 Å². The van der Waals surface area contributed by atoms with Crippen molar-refractivity contribution in [3.05, 3.63) is 41.0 Å². The molecule has 1 aliphatic rings. The highest BCUT2D eigenvalue weighted by Crippen LogP contribution is 2.23. The van der Waals surface area contributed by atoms with Gasteiger partial charge >= 0.3 is 0 Å². The number of hydrogen-bond acceptors (Lipinski definition) is 4. The van der Waals surface area contributed by atoms with Gasteiger partial charge in [0.15, 0.2) is 0 Å². The average molecular weight is 392 g/mol. The van der Waals surface area contributed by atoms with Crippen molar-refractivity contribution in [3.63, 3.8) is 0 Å². The number of anilines is 1. The lowest BCUT2D eigenvalue weighted by atomic mass is 9.96. The number of carbonyl (C=O) groups is 1. The fraction of sp³-hybridized carbons (Fsp3) is 0.471. The third-order valence-electron chi connectivity index (χ3n) is 4.45. The summed E-state index contributed by atoms with van der Waals surface area (Å²) in [7, 11) is 3.73. The molecule has 1 fully saturated rings. The minimum Gasteiger partial charge on any atom is -0.357 e. The van der Waals surface area contributed by atoms with Crippen LogP contribution in [-0.4, -0.2) is 52.0 Å². The van der Waals surface area contributed by atoms with Crippen molar-refractivity contribution in [3.8, 4) is 0 Å². The van der Waals surface area contributed by atoms with E-state index >= 15 is 0 Å². The van der Waals surface area contributed by atoms with Crippen LogP contribution >= 0.6 is 15.9 Å². The van der Waals surface area contributed by atoms with Crippen LogP contribution in [0.5, 0.6) is 0 Å². The maximum absolute atomic E-state index is 12.4. The molecule has 0 saturated carbocycles. The number of hydrogen-bond donors (Lipinski definition) is 0. The van der Waals surface area contributed by atoms with Gasteiger partial charge in [-0.25, -0.2) is 9.97 Å². The largest absolute Gasteiger partial charge is 0.357 e. The van der Waals surface area contributed by atoms with Crippen molar-refractivity contribution in [1.82, 2.24) is 19.4 Å². The summed E-state index contributed by atoms with van der Waals surface area (Å²) in [6.45, 7) is 2.73. The molecule has 0 atom stereocenters. The third-order valence-corrected chi connectivity index (χ3v) is 4.92. The fourth-order valence-electron chi connectivity index (χ4n) is 3.09. The van der Waals surface area contributed by atoms with Gasteiger partial charge in [-0.2, -0.15) is 0 Å². The molecular formula is C17H22BrN5O. The first kappa shape index (κ1) is 17.0. The summed E-state index contributed by atoms with van der Waals surface area (Å²) in [5.74, 6) is 1.54. The first-order chi connectivity index (χ1) is 11.5. The summed E-state index contributed by atoms with van der Waals surface area (Å²) in [5.41, 5.74) is 0.511. The Labute approximate surface area is 150 Å². The Morgan fingerprint density at radius 3 is 2.67 bits per heavy atom. The van der Waals surface area contributed by atoms with Gasteiger partial charge in [0.1, 0.15) is 11.5 Å². The molecule has 1 aliphatic heterocycles. The molecule has 2 aromatic heterocycles. The Morgan fingerprint density at radius 1 is 1.33 bits per heavy atom. The molecule has 0 radical (unpaired) electrons. The Balaban J connectivity index is 1.51. The number of rotatable bonds is 4. The Hall–Kier alpha value is -1.89. The van der Waals surface area contributed by atoms with E-state index in [1.807, 2.05) is 32.4 Å². The number of carbonyl (C=O) groups excluding carboxylic acids is 1. The predicted octanol–water partition coefficient (Wildman–Crippen LogP) is 2.57. The van der Waals surface area contributed by atoms with Gasteiger partial charge < -0.3 is 14.4 Å². The van der Waals surface area contributed by atoms with Crippen LogP contribution < -0.4 is 4.90 Å². The number of imidazole rings is 1. The molecule has 0 aliphatic carbocycles. The minimum atomic E-state index is -0.00685. The highest BCUT2D eigenvalue weighted by atomic mass is 79.9. The molecule has 1 saturated heterocycles. The van der Waals surface area contributed by atoms with Crippen molar-refractivity contribution in [2.75, 3.05) is 31.6 Å². The van der Waals surface area contributed by atoms with Crippen molar-refractivity contribution in [2.45, 2.75) is 12.8 Å². The molecule has 128 valence electrons. The van der Waals surface area contributed by atoms with Crippen LogP contribution in [0.1, 0.15) is 23.3 Å². The SMILES string of the molecule is CN(CC1CCN(c2ccc(Br)cn2)CC1)C(=O)c1cn(C)cn1. The summed E-state index contributed by atoms with van der Waals surface area (Å²) in [6, 6.07) is 4.06. The van der Waals surface area contributed by atoms with Gasteiger partial charge in [0.25, 0.3) is 5.91 Å². The van der Waals surface area contributed by atoms with Crippen molar-refractivity contribution >= 4 is 27.7 Å². The second-order valence-corrected chi connectivity index (χ2v) is 7.29. The van der Waals surface area contributed by atoms with Crippen LogP contribution in [0.25, 0.3) is 0 Å². The Bertz CT molecular complexity index is 691. The monoisotopic (exact) mass is 391 g/mol. The third kappa shape index (κ3) is 3.95. The number of piperidine rings is 1. The smallest absolute Gasteiger partial charge is 0.273 e. The first-order valence-corrected chi connectivity index (χ1v) is 8.92. The fourth-order valence-corrected chi connectivity index (χ4v) is 3.32. The summed E-state index contributed by atoms with van der Waals surface area (Å²) < 4.78 is 2.79. The van der Waals surface area contributed by atoms with Gasteiger partial charge in [0.05, 0.1) is 6.33 Å². The molecular weight excluding hydrogens is 370 g/mol. The predicted molar refractivity (Wildman–Crippen MR) is 97.0 cm³/mol. The molecule has 2 aromatic rings. The molecule has 3 rings (SSSR count). The quantitative estimate of drug-likeness (QED) is 0.803. The van der Waals surface area contributed by atoms with Crippen molar-refractivity contribution in [1.29, 1.82) is 0 Å². The van der Waals surface area contributed by atoms with E-state index in [1.54, 1.807) is 22.0 Å². The zero-order valence-corrected chi connectivity index (χ0v) is 15.6. The van der Waals surface area contributed by atoms with Gasteiger partial charge in [-0.1, -0.05) is 0 Å². The van der Waals surface area contributed by atoms with Crippen molar-refractivity contribution < 1.29 is 4.79 Å². The summed E-state index contributed by atoms with van der Waals surface area (Å²) in [5, 5.41) is 0.